The van der Waals surface area contributed by atoms with Gasteiger partial charge in [-0.1, -0.05) is 340 Å². The number of nitrogens with one attached hydrogen (secondary N) is 2. The van der Waals surface area contributed by atoms with E-state index < -0.39 is 21.7 Å². The molecule has 124 heavy (non-hydrogen) atoms. The zero-order chi connectivity index (χ0) is 80.6. The van der Waals surface area contributed by atoms with Gasteiger partial charge in [0.25, 0.3) is 0 Å². The van der Waals surface area contributed by atoms with Crippen molar-refractivity contribution in [1.82, 2.24) is 19.9 Å². The number of aromatic amines is 2. The third-order valence-electron chi connectivity index (χ3n) is 29.9. The molecule has 0 unspecified atom stereocenters. The summed E-state index contributed by atoms with van der Waals surface area (Å²) >= 11 is 0. The second-order valence-electron chi connectivity index (χ2n) is 35.1. The maximum absolute atomic E-state index is 6.21. The molecule has 0 fully saturated rings. The summed E-state index contributed by atoms with van der Waals surface area (Å²) in [6, 6.07) is 148. The SMILES string of the molecule is C1=Cc2nc1c(-c1ccc3c(c1)C1(c4ccccc4-c4ccccc41)c1ccccc1-3)c1ccc([nH]1)c(-c1ccc3c(c1)C1(c4ccccc4-c4ccccc41)c1ccccc1-3)c1nc(c(-c3ccc4c(c3)C3(c5ccccc5-c5ccccc53)c3ccccc3-4)c3ccc([nH]3)c2-c2ccc3c(c2)C2(c4ccccc4-c4ccccc42)c2ccccc2-3)C=C1. The first-order chi connectivity index (χ1) is 61.5. The third kappa shape index (κ3) is 8.12. The van der Waals surface area contributed by atoms with Crippen LogP contribution in [0, 0.1) is 0 Å². The molecule has 16 aromatic carbocycles. The predicted octanol–water partition coefficient (Wildman–Crippen LogP) is 28.7. The fourth-order valence-corrected chi connectivity index (χ4v) is 25.4. The Hall–Kier alpha value is -15.9. The normalized spacial score (nSPS) is 15.0. The topological polar surface area (TPSA) is 57.4 Å². The average Bonchev–Trinajstić information content (AvgIpc) is 1.53. The number of nitrogens with zero attached hydrogens (tertiary/aromatic N) is 2. The molecule has 570 valence electrons. The monoisotopic (exact) mass is 1570 g/mol. The van der Waals surface area contributed by atoms with E-state index in [0.29, 0.717) is 0 Å². The van der Waals surface area contributed by atoms with E-state index in [2.05, 4.69) is 423 Å². The Morgan fingerprint density at radius 1 is 0.145 bits per heavy atom. The minimum absolute atomic E-state index is 0.598. The number of aromatic nitrogens is 4. The van der Waals surface area contributed by atoms with Crippen LogP contribution in [0.25, 0.3) is 180 Å². The highest BCUT2D eigenvalue weighted by Gasteiger charge is 2.57. The zero-order valence-corrected chi connectivity index (χ0v) is 67.2. The fraction of sp³-hybridized carbons (Fsp3) is 0.0333. The van der Waals surface area contributed by atoms with Crippen molar-refractivity contribution in [1.29, 1.82) is 0 Å². The number of benzene rings is 16. The van der Waals surface area contributed by atoms with Crippen molar-refractivity contribution >= 4 is 46.4 Å². The smallest absolute Gasteiger partial charge is 0.0737 e. The first-order valence-corrected chi connectivity index (χ1v) is 43.4. The van der Waals surface area contributed by atoms with Crippen LogP contribution in [0.15, 0.2) is 388 Å². The lowest BCUT2D eigenvalue weighted by Crippen LogP contribution is -2.25. The van der Waals surface area contributed by atoms with E-state index in [1.807, 2.05) is 0 Å². The lowest BCUT2D eigenvalue weighted by Gasteiger charge is -2.30. The van der Waals surface area contributed by atoms with Crippen molar-refractivity contribution in [2.45, 2.75) is 21.7 Å². The Labute approximate surface area is 716 Å². The van der Waals surface area contributed by atoms with Crippen LogP contribution in [0.5, 0.6) is 0 Å². The number of hydrogen-bond acceptors (Lipinski definition) is 2. The van der Waals surface area contributed by atoms with Gasteiger partial charge in [0.1, 0.15) is 0 Å². The highest BCUT2D eigenvalue weighted by molar-refractivity contribution is 6.07. The molecule has 29 rings (SSSR count). The molecule has 0 atom stereocenters. The summed E-state index contributed by atoms with van der Waals surface area (Å²) in [5.74, 6) is 0. The molecular formula is C120H70N4. The van der Waals surface area contributed by atoms with Gasteiger partial charge in [0.15, 0.2) is 0 Å². The number of fused-ring (bicyclic) bond motifs is 48. The van der Waals surface area contributed by atoms with Crippen molar-refractivity contribution in [3.63, 3.8) is 0 Å². The number of H-pyrrole nitrogens is 2. The molecule has 2 N–H and O–H groups in total. The van der Waals surface area contributed by atoms with Gasteiger partial charge in [0.05, 0.1) is 44.4 Å². The summed E-state index contributed by atoms with van der Waals surface area (Å²) in [5.41, 5.74) is 53.7. The van der Waals surface area contributed by atoms with Crippen LogP contribution in [-0.2, 0) is 21.7 Å². The molecule has 4 heteroatoms. The molecule has 8 bridgehead atoms. The van der Waals surface area contributed by atoms with Crippen LogP contribution in [0.1, 0.15) is 112 Å². The van der Waals surface area contributed by atoms with Crippen LogP contribution in [0.2, 0.25) is 0 Å². The molecule has 0 amide bonds. The Balaban J connectivity index is 0.743. The molecule has 3 aromatic heterocycles. The van der Waals surface area contributed by atoms with Crippen molar-refractivity contribution in [2.24, 2.45) is 0 Å². The standard InChI is InChI=1S/C120H70N4/c1-13-37-89-73(25-1)74-26-2-14-38-90(74)117(89)97-45-21-9-33-81(97)85-53-49-69(65-101(85)117)113-105-57-59-107(121-105)114(70-50-54-86-82-34-10-22-46-98(82)118(102(86)66-70)91-39-15-3-27-75(91)76-28-4-16-40-92(76)118)109-61-63-111(123-109)116(72-52-56-88-84-36-12-24-48-100(84)120(104(88)68-72)95-43-19-7-31-79(95)80-32-8-20-44-96(80)120)112-64-62-110(124-112)115(108-60-58-106(113)122-108)71-51-55-87-83-35-11-23-47-99(83)119(103(87)67-71)93-41-17-5-29-77(93)78-30-6-18-42-94(78)119/h1-68,121,124H. The van der Waals surface area contributed by atoms with Gasteiger partial charge >= 0.3 is 0 Å². The number of hydrogen-bond donors (Lipinski definition) is 2. The van der Waals surface area contributed by atoms with Crippen molar-refractivity contribution in [2.75, 3.05) is 0 Å². The van der Waals surface area contributed by atoms with Crippen molar-refractivity contribution in [3.8, 4) is 134 Å². The molecule has 5 heterocycles. The van der Waals surface area contributed by atoms with Crippen LogP contribution in [0.3, 0.4) is 0 Å². The lowest BCUT2D eigenvalue weighted by atomic mass is 9.70. The van der Waals surface area contributed by atoms with E-state index in [-0.39, 0.29) is 0 Å². The summed E-state index contributed by atoms with van der Waals surface area (Å²) in [5, 5.41) is 0. The maximum atomic E-state index is 6.21. The van der Waals surface area contributed by atoms with Gasteiger partial charge in [-0.2, -0.15) is 0 Å². The van der Waals surface area contributed by atoms with Crippen LogP contribution >= 0.6 is 0 Å². The third-order valence-corrected chi connectivity index (χ3v) is 29.9. The van der Waals surface area contributed by atoms with E-state index in [9.17, 15) is 0 Å². The molecule has 10 aliphatic rings. The molecule has 4 spiro atoms. The van der Waals surface area contributed by atoms with Crippen LogP contribution in [0.4, 0.5) is 0 Å². The summed E-state index contributed by atoms with van der Waals surface area (Å²) < 4.78 is 0. The molecule has 2 aliphatic heterocycles. The molecular weight excluding hydrogens is 1500 g/mol. The first kappa shape index (κ1) is 67.0. The molecule has 0 saturated carbocycles. The van der Waals surface area contributed by atoms with Crippen molar-refractivity contribution < 1.29 is 0 Å². The van der Waals surface area contributed by atoms with Gasteiger partial charge in [-0.25, -0.2) is 9.97 Å². The Bertz CT molecular complexity index is 7190. The van der Waals surface area contributed by atoms with E-state index in [0.717, 1.165) is 89.4 Å². The minimum atomic E-state index is -0.598. The van der Waals surface area contributed by atoms with Crippen LogP contribution < -0.4 is 0 Å². The second-order valence-corrected chi connectivity index (χ2v) is 35.1. The summed E-state index contributed by atoms with van der Waals surface area (Å²) in [4.78, 5) is 21.1. The Kier molecular flexibility index (Phi) is 13.0. The van der Waals surface area contributed by atoms with E-state index in [4.69, 9.17) is 9.97 Å². The lowest BCUT2D eigenvalue weighted by molar-refractivity contribution is 0.794. The van der Waals surface area contributed by atoms with Crippen LogP contribution in [-0.4, -0.2) is 19.9 Å². The van der Waals surface area contributed by atoms with Gasteiger partial charge in [0, 0.05) is 44.3 Å². The van der Waals surface area contributed by atoms with E-state index in [1.165, 1.54) is 178 Å². The summed E-state index contributed by atoms with van der Waals surface area (Å²) in [6.45, 7) is 0. The van der Waals surface area contributed by atoms with E-state index in [1.54, 1.807) is 0 Å². The average molecular weight is 1570 g/mol. The van der Waals surface area contributed by atoms with E-state index >= 15 is 0 Å². The predicted molar refractivity (Wildman–Crippen MR) is 506 cm³/mol. The first-order valence-electron chi connectivity index (χ1n) is 43.4. The molecule has 4 nitrogen and oxygen atoms in total. The van der Waals surface area contributed by atoms with Crippen molar-refractivity contribution in [3.05, 3.63) is 500 Å². The van der Waals surface area contributed by atoms with Gasteiger partial charge in [-0.05, 0) is 273 Å². The highest BCUT2D eigenvalue weighted by atomic mass is 14.8. The largest absolute Gasteiger partial charge is 0.354 e. The molecule has 0 saturated heterocycles. The highest BCUT2D eigenvalue weighted by Crippen LogP contribution is 2.69. The number of rotatable bonds is 4. The maximum Gasteiger partial charge on any atom is 0.0737 e. The molecule has 19 aromatic rings. The minimum Gasteiger partial charge on any atom is -0.354 e. The molecule has 8 aliphatic carbocycles. The quantitative estimate of drug-likeness (QED) is 0.184. The van der Waals surface area contributed by atoms with Gasteiger partial charge < -0.3 is 9.97 Å². The second kappa shape index (κ2) is 24.0. The van der Waals surface area contributed by atoms with Gasteiger partial charge in [-0.15, -0.1) is 0 Å². The zero-order valence-electron chi connectivity index (χ0n) is 67.2. The van der Waals surface area contributed by atoms with Gasteiger partial charge in [0.2, 0.25) is 0 Å². The van der Waals surface area contributed by atoms with Gasteiger partial charge in [-0.3, -0.25) is 0 Å². The fourth-order valence-electron chi connectivity index (χ4n) is 25.4. The summed E-state index contributed by atoms with van der Waals surface area (Å²) in [6.07, 6.45) is 9.16. The Morgan fingerprint density at radius 3 is 0.452 bits per heavy atom. The summed E-state index contributed by atoms with van der Waals surface area (Å²) in [7, 11) is 0. The molecule has 0 radical (unpaired) electrons. The Morgan fingerprint density at radius 2 is 0.290 bits per heavy atom.